The zero-order valence-electron chi connectivity index (χ0n) is 21.6. The van der Waals surface area contributed by atoms with Crippen LogP contribution in [-0.4, -0.2) is 61.7 Å². The molecule has 9 nitrogen and oxygen atoms in total. The first-order chi connectivity index (χ1) is 17.8. The Hall–Kier alpha value is -4.14. The fourth-order valence-corrected chi connectivity index (χ4v) is 4.77. The third-order valence-corrected chi connectivity index (χ3v) is 6.20. The number of methoxy groups -OCH3 is 2. The summed E-state index contributed by atoms with van der Waals surface area (Å²) in [5, 5.41) is 0. The highest BCUT2D eigenvalue weighted by Gasteiger charge is 2.68. The van der Waals surface area contributed by atoms with E-state index in [-0.39, 0.29) is 30.9 Å². The second kappa shape index (κ2) is 11.7. The van der Waals surface area contributed by atoms with E-state index in [0.29, 0.717) is 11.3 Å². The van der Waals surface area contributed by atoms with Crippen molar-refractivity contribution in [1.29, 1.82) is 0 Å². The van der Waals surface area contributed by atoms with E-state index < -0.39 is 35.3 Å². The standard InChI is InChI=1S/C28H31NO8/c1-6-36-26(32)28(27(33)37-7-2)24(20-13-15-21(34-4)16-14-20)23(25(31)35-5)22(29(28)18(3)30)17-19-11-9-8-10-12-19/h8-16,24H,6-7,17H2,1-5H3/t24-/m0/s1. The molecule has 9 heteroatoms. The average Bonchev–Trinajstić information content (AvgIpc) is 3.21. The first-order valence-corrected chi connectivity index (χ1v) is 11.9. The largest absolute Gasteiger partial charge is 0.497 e. The van der Waals surface area contributed by atoms with Crippen molar-refractivity contribution in [3.05, 3.63) is 77.0 Å². The van der Waals surface area contributed by atoms with Crippen LogP contribution in [0.3, 0.4) is 0 Å². The third-order valence-electron chi connectivity index (χ3n) is 6.20. The zero-order chi connectivity index (χ0) is 27.2. The van der Waals surface area contributed by atoms with E-state index in [2.05, 4.69) is 0 Å². The molecule has 196 valence electrons. The van der Waals surface area contributed by atoms with Gasteiger partial charge in [0, 0.05) is 19.0 Å². The fourth-order valence-electron chi connectivity index (χ4n) is 4.77. The van der Waals surface area contributed by atoms with Crippen LogP contribution < -0.4 is 4.74 Å². The molecule has 1 aliphatic rings. The van der Waals surface area contributed by atoms with Crippen molar-refractivity contribution in [3.8, 4) is 5.75 Å². The SMILES string of the molecule is CCOC(=O)C1(C(=O)OCC)[C@@H](c2ccc(OC)cc2)C(C(=O)OC)=C(Cc2ccccc2)N1C(C)=O. The number of nitrogens with zero attached hydrogens (tertiary/aromatic N) is 1. The van der Waals surface area contributed by atoms with Crippen LogP contribution in [0.4, 0.5) is 0 Å². The minimum absolute atomic E-state index is 0.00664. The summed E-state index contributed by atoms with van der Waals surface area (Å²) < 4.78 is 21.2. The molecule has 1 heterocycles. The maximum Gasteiger partial charge on any atom is 0.345 e. The highest BCUT2D eigenvalue weighted by atomic mass is 16.6. The van der Waals surface area contributed by atoms with Crippen molar-refractivity contribution in [2.24, 2.45) is 0 Å². The first-order valence-electron chi connectivity index (χ1n) is 11.9. The molecule has 1 amide bonds. The number of carbonyl (C=O) groups is 4. The summed E-state index contributed by atoms with van der Waals surface area (Å²) in [7, 11) is 2.70. The van der Waals surface area contributed by atoms with Gasteiger partial charge in [-0.25, -0.2) is 14.4 Å². The Morgan fingerprint density at radius 2 is 1.43 bits per heavy atom. The highest BCUT2D eigenvalue weighted by Crippen LogP contribution is 2.51. The smallest absolute Gasteiger partial charge is 0.345 e. The lowest BCUT2D eigenvalue weighted by molar-refractivity contribution is -0.176. The quantitative estimate of drug-likeness (QED) is 0.288. The lowest BCUT2D eigenvalue weighted by Crippen LogP contribution is -2.63. The van der Waals surface area contributed by atoms with E-state index in [1.807, 2.05) is 30.3 Å². The summed E-state index contributed by atoms with van der Waals surface area (Å²) >= 11 is 0. The van der Waals surface area contributed by atoms with E-state index >= 15 is 0 Å². The average molecular weight is 510 g/mol. The van der Waals surface area contributed by atoms with Crippen molar-refractivity contribution in [1.82, 2.24) is 4.90 Å². The highest BCUT2D eigenvalue weighted by molar-refractivity contribution is 6.13. The molecule has 0 radical (unpaired) electrons. The molecule has 0 spiro atoms. The minimum Gasteiger partial charge on any atom is -0.497 e. The van der Waals surface area contributed by atoms with Gasteiger partial charge in [0.05, 0.1) is 38.9 Å². The summed E-state index contributed by atoms with van der Waals surface area (Å²) in [6.45, 7) is 4.27. The van der Waals surface area contributed by atoms with E-state index in [4.69, 9.17) is 18.9 Å². The zero-order valence-corrected chi connectivity index (χ0v) is 21.6. The number of hydrogen-bond donors (Lipinski definition) is 0. The monoisotopic (exact) mass is 509 g/mol. The molecule has 0 saturated carbocycles. The van der Waals surface area contributed by atoms with Gasteiger partial charge in [0.2, 0.25) is 5.91 Å². The molecule has 0 unspecified atom stereocenters. The Morgan fingerprint density at radius 3 is 1.89 bits per heavy atom. The molecular formula is C28H31NO8. The van der Waals surface area contributed by atoms with Crippen LogP contribution >= 0.6 is 0 Å². The Labute approximate surface area is 215 Å². The molecule has 3 rings (SSSR count). The van der Waals surface area contributed by atoms with Crippen molar-refractivity contribution in [2.45, 2.75) is 38.6 Å². The predicted molar refractivity (Wildman–Crippen MR) is 133 cm³/mol. The van der Waals surface area contributed by atoms with Gasteiger partial charge < -0.3 is 18.9 Å². The summed E-state index contributed by atoms with van der Waals surface area (Å²) in [4.78, 5) is 55.4. The van der Waals surface area contributed by atoms with Gasteiger partial charge in [0.15, 0.2) is 0 Å². The molecule has 0 aliphatic carbocycles. The first kappa shape index (κ1) is 27.4. The van der Waals surface area contributed by atoms with Gasteiger partial charge in [-0.05, 0) is 37.1 Å². The van der Waals surface area contributed by atoms with E-state index in [1.165, 1.54) is 21.1 Å². The Kier molecular flexibility index (Phi) is 8.70. The van der Waals surface area contributed by atoms with Crippen molar-refractivity contribution < 1.29 is 38.1 Å². The number of benzene rings is 2. The maximum absolute atomic E-state index is 13.8. The van der Waals surface area contributed by atoms with E-state index in [0.717, 1.165) is 10.5 Å². The second-order valence-corrected chi connectivity index (χ2v) is 8.28. The van der Waals surface area contributed by atoms with Gasteiger partial charge in [-0.15, -0.1) is 0 Å². The van der Waals surface area contributed by atoms with Gasteiger partial charge in [0.1, 0.15) is 5.75 Å². The van der Waals surface area contributed by atoms with Crippen LogP contribution in [0.25, 0.3) is 0 Å². The van der Waals surface area contributed by atoms with Gasteiger partial charge in [-0.2, -0.15) is 0 Å². The molecule has 0 aromatic heterocycles. The van der Waals surface area contributed by atoms with Gasteiger partial charge in [0.25, 0.3) is 5.54 Å². The van der Waals surface area contributed by atoms with Gasteiger partial charge in [-0.1, -0.05) is 42.5 Å². The molecule has 37 heavy (non-hydrogen) atoms. The fraction of sp³-hybridized carbons (Fsp3) is 0.357. The summed E-state index contributed by atoms with van der Waals surface area (Å²) in [6, 6.07) is 15.6. The topological polar surface area (TPSA) is 108 Å². The molecule has 1 atom stereocenters. The molecule has 0 N–H and O–H groups in total. The molecule has 0 fully saturated rings. The molecule has 2 aromatic carbocycles. The minimum atomic E-state index is -2.33. The number of ether oxygens (including phenoxy) is 4. The number of allylic oxidation sites excluding steroid dienone is 1. The molecular weight excluding hydrogens is 478 g/mol. The van der Waals surface area contributed by atoms with Crippen LogP contribution in [0.5, 0.6) is 5.75 Å². The van der Waals surface area contributed by atoms with E-state index in [1.54, 1.807) is 38.1 Å². The summed E-state index contributed by atoms with van der Waals surface area (Å²) in [5.74, 6) is -4.18. The van der Waals surface area contributed by atoms with Crippen LogP contribution in [0.15, 0.2) is 65.9 Å². The van der Waals surface area contributed by atoms with Crippen LogP contribution in [0, 0.1) is 0 Å². The van der Waals surface area contributed by atoms with Crippen LogP contribution in [-0.2, 0) is 39.8 Å². The number of amides is 1. The van der Waals surface area contributed by atoms with Crippen molar-refractivity contribution in [2.75, 3.05) is 27.4 Å². The molecule has 1 aliphatic heterocycles. The molecule has 0 saturated heterocycles. The predicted octanol–water partition coefficient (Wildman–Crippen LogP) is 3.18. The number of hydrogen-bond acceptors (Lipinski definition) is 8. The van der Waals surface area contributed by atoms with Gasteiger partial charge >= 0.3 is 17.9 Å². The van der Waals surface area contributed by atoms with Crippen LogP contribution in [0.2, 0.25) is 0 Å². The van der Waals surface area contributed by atoms with E-state index in [9.17, 15) is 19.2 Å². The number of carbonyl (C=O) groups excluding carboxylic acids is 4. The maximum atomic E-state index is 13.8. The Bertz CT molecular complexity index is 1170. The third kappa shape index (κ3) is 4.94. The van der Waals surface area contributed by atoms with Crippen LogP contribution in [0.1, 0.15) is 37.8 Å². The Balaban J connectivity index is 2.45. The molecule has 2 aromatic rings. The molecule has 0 bridgehead atoms. The second-order valence-electron chi connectivity index (χ2n) is 8.28. The van der Waals surface area contributed by atoms with Crippen molar-refractivity contribution >= 4 is 23.8 Å². The normalized spacial score (nSPS) is 16.2. The summed E-state index contributed by atoms with van der Waals surface area (Å²) in [6.07, 6.45) is 0.0675. The summed E-state index contributed by atoms with van der Waals surface area (Å²) in [5.41, 5.74) is -1.03. The number of esters is 3. The number of rotatable bonds is 9. The van der Waals surface area contributed by atoms with Gasteiger partial charge in [-0.3, -0.25) is 9.69 Å². The lowest BCUT2D eigenvalue weighted by atomic mass is 9.76. The van der Waals surface area contributed by atoms with Crippen molar-refractivity contribution in [3.63, 3.8) is 0 Å². The Morgan fingerprint density at radius 1 is 0.865 bits per heavy atom. The lowest BCUT2D eigenvalue weighted by Gasteiger charge is -2.38.